The fourth-order valence-electron chi connectivity index (χ4n) is 4.07. The summed E-state index contributed by atoms with van der Waals surface area (Å²) in [6.45, 7) is -0.263. The molecule has 12 heteroatoms. The highest BCUT2D eigenvalue weighted by atomic mass is 19.3. The number of nitrogens with one attached hydrogen (secondary N) is 2. The van der Waals surface area contributed by atoms with E-state index in [-0.39, 0.29) is 18.6 Å². The first-order chi connectivity index (χ1) is 16.4. The Kier molecular flexibility index (Phi) is 4.52. The van der Waals surface area contributed by atoms with Crippen molar-refractivity contribution in [2.24, 2.45) is 0 Å². The molecular weight excluding hydrogens is 452 g/mol. The van der Waals surface area contributed by atoms with E-state index in [4.69, 9.17) is 0 Å². The third-order valence-electron chi connectivity index (χ3n) is 5.72. The van der Waals surface area contributed by atoms with Gasteiger partial charge >= 0.3 is 0 Å². The standard InChI is InChI=1S/C22H16F4N8/c23-12-6-14(24)21-13(7-29-33(21)10-12)15-4-5-20-28-8-17(34(20)32-15)16-2-1-3-19(30-16)31-18-9-27-11-22(18,25)26/h1-8,10,18,27H,9,11H2,(H,30,31). The molecule has 1 saturated heterocycles. The Morgan fingerprint density at radius 1 is 1.09 bits per heavy atom. The maximum atomic E-state index is 14.5. The molecular formula is C22H16F4N8. The topological polar surface area (TPSA) is 84.4 Å². The third-order valence-corrected chi connectivity index (χ3v) is 5.72. The van der Waals surface area contributed by atoms with E-state index in [9.17, 15) is 17.6 Å². The van der Waals surface area contributed by atoms with Crippen molar-refractivity contribution in [3.05, 3.63) is 66.6 Å². The van der Waals surface area contributed by atoms with Gasteiger partial charge in [0.25, 0.3) is 5.92 Å². The zero-order valence-electron chi connectivity index (χ0n) is 17.4. The van der Waals surface area contributed by atoms with E-state index in [1.165, 1.54) is 10.7 Å². The molecule has 0 saturated carbocycles. The highest BCUT2D eigenvalue weighted by Crippen LogP contribution is 2.28. The second-order valence-electron chi connectivity index (χ2n) is 7.99. The zero-order chi connectivity index (χ0) is 23.4. The summed E-state index contributed by atoms with van der Waals surface area (Å²) in [6, 6.07) is 8.09. The molecule has 0 spiro atoms. The van der Waals surface area contributed by atoms with E-state index in [1.54, 1.807) is 36.5 Å². The van der Waals surface area contributed by atoms with Crippen molar-refractivity contribution in [3.8, 4) is 22.6 Å². The first-order valence-electron chi connectivity index (χ1n) is 10.4. The molecule has 1 aliphatic heterocycles. The second-order valence-corrected chi connectivity index (χ2v) is 7.99. The van der Waals surface area contributed by atoms with Crippen molar-refractivity contribution in [1.82, 2.24) is 34.5 Å². The van der Waals surface area contributed by atoms with Gasteiger partial charge in [-0.1, -0.05) is 6.07 Å². The van der Waals surface area contributed by atoms with Crippen LogP contribution in [0.3, 0.4) is 0 Å². The summed E-state index contributed by atoms with van der Waals surface area (Å²) in [5, 5.41) is 14.1. The van der Waals surface area contributed by atoms with E-state index < -0.39 is 23.6 Å². The maximum absolute atomic E-state index is 14.5. The van der Waals surface area contributed by atoms with Gasteiger partial charge in [0.2, 0.25) is 0 Å². The van der Waals surface area contributed by atoms with Crippen molar-refractivity contribution in [2.45, 2.75) is 12.0 Å². The molecule has 1 fully saturated rings. The Balaban J connectivity index is 1.40. The van der Waals surface area contributed by atoms with E-state index in [1.807, 2.05) is 0 Å². The molecule has 8 nitrogen and oxygen atoms in total. The number of aromatic nitrogens is 6. The van der Waals surface area contributed by atoms with Gasteiger partial charge < -0.3 is 10.6 Å². The predicted molar refractivity (Wildman–Crippen MR) is 116 cm³/mol. The summed E-state index contributed by atoms with van der Waals surface area (Å²) in [6.07, 6.45) is 4.05. The normalized spacial score (nSPS) is 17.6. The van der Waals surface area contributed by atoms with E-state index in [2.05, 4.69) is 30.8 Å². The van der Waals surface area contributed by atoms with Gasteiger partial charge in [0.05, 0.1) is 42.1 Å². The average Bonchev–Trinajstić information content (AvgIpc) is 3.50. The number of anilines is 1. The van der Waals surface area contributed by atoms with Crippen molar-refractivity contribution in [3.63, 3.8) is 0 Å². The molecule has 0 radical (unpaired) electrons. The lowest BCUT2D eigenvalue weighted by molar-refractivity contribution is 0.0138. The molecule has 0 bridgehead atoms. The van der Waals surface area contributed by atoms with E-state index in [0.717, 1.165) is 16.8 Å². The number of fused-ring (bicyclic) bond motifs is 2. The minimum absolute atomic E-state index is 0.0883. The number of rotatable bonds is 4. The van der Waals surface area contributed by atoms with Gasteiger partial charge in [-0.15, -0.1) is 0 Å². The van der Waals surface area contributed by atoms with E-state index >= 15 is 0 Å². The van der Waals surface area contributed by atoms with Crippen molar-refractivity contribution >= 4 is 17.0 Å². The Hall–Kier alpha value is -4.06. The largest absolute Gasteiger partial charge is 0.360 e. The molecule has 0 aromatic carbocycles. The minimum Gasteiger partial charge on any atom is -0.360 e. The summed E-state index contributed by atoms with van der Waals surface area (Å²) in [5.41, 5.74) is 2.33. The fraction of sp³-hybridized carbons (Fsp3) is 0.182. The zero-order valence-corrected chi connectivity index (χ0v) is 17.4. The van der Waals surface area contributed by atoms with Gasteiger partial charge in [-0.3, -0.25) is 0 Å². The monoisotopic (exact) mass is 468 g/mol. The number of nitrogens with zero attached hydrogens (tertiary/aromatic N) is 6. The summed E-state index contributed by atoms with van der Waals surface area (Å²) >= 11 is 0. The van der Waals surface area contributed by atoms with Crippen LogP contribution in [0.4, 0.5) is 23.4 Å². The van der Waals surface area contributed by atoms with Crippen LogP contribution in [0, 0.1) is 11.6 Å². The third kappa shape index (κ3) is 3.34. The molecule has 6 rings (SSSR count). The molecule has 172 valence electrons. The van der Waals surface area contributed by atoms with Crippen LogP contribution in [0.2, 0.25) is 0 Å². The number of imidazole rings is 1. The minimum atomic E-state index is -2.88. The van der Waals surface area contributed by atoms with Crippen molar-refractivity contribution in [1.29, 1.82) is 0 Å². The number of pyridine rings is 2. The van der Waals surface area contributed by atoms with Crippen LogP contribution in [0.25, 0.3) is 33.8 Å². The molecule has 1 atom stereocenters. The summed E-state index contributed by atoms with van der Waals surface area (Å²) in [7, 11) is 0. The molecule has 1 aliphatic rings. The van der Waals surface area contributed by atoms with Crippen LogP contribution in [0.1, 0.15) is 0 Å². The van der Waals surface area contributed by atoms with Gasteiger partial charge in [-0.25, -0.2) is 36.6 Å². The van der Waals surface area contributed by atoms with Crippen LogP contribution in [-0.4, -0.2) is 54.2 Å². The summed E-state index contributed by atoms with van der Waals surface area (Å²) in [5.74, 6) is -4.10. The highest BCUT2D eigenvalue weighted by molar-refractivity contribution is 5.78. The lowest BCUT2D eigenvalue weighted by Gasteiger charge is -2.19. The first-order valence-corrected chi connectivity index (χ1v) is 10.4. The molecule has 0 aliphatic carbocycles. The molecule has 5 aromatic heterocycles. The lowest BCUT2D eigenvalue weighted by atomic mass is 10.2. The average molecular weight is 468 g/mol. The Morgan fingerprint density at radius 3 is 2.79 bits per heavy atom. The van der Waals surface area contributed by atoms with Crippen LogP contribution in [0.15, 0.2) is 55.0 Å². The van der Waals surface area contributed by atoms with Crippen molar-refractivity contribution in [2.75, 3.05) is 18.4 Å². The van der Waals surface area contributed by atoms with Crippen LogP contribution < -0.4 is 10.6 Å². The van der Waals surface area contributed by atoms with Crippen LogP contribution in [0.5, 0.6) is 0 Å². The number of alkyl halides is 2. The highest BCUT2D eigenvalue weighted by Gasteiger charge is 2.44. The number of hydrogen-bond acceptors (Lipinski definition) is 6. The predicted octanol–water partition coefficient (Wildman–Crippen LogP) is 3.40. The fourth-order valence-corrected chi connectivity index (χ4v) is 4.07. The first kappa shape index (κ1) is 20.5. The molecule has 0 amide bonds. The van der Waals surface area contributed by atoms with Crippen molar-refractivity contribution < 1.29 is 17.6 Å². The molecule has 1 unspecified atom stereocenters. The van der Waals surface area contributed by atoms with E-state index in [0.29, 0.717) is 34.1 Å². The second kappa shape index (κ2) is 7.48. The van der Waals surface area contributed by atoms with Gasteiger partial charge in [0, 0.05) is 12.6 Å². The SMILES string of the molecule is Fc1cc(F)c2c(-c3ccc4ncc(-c5cccc(NC6CNCC6(F)F)n5)n4n3)cnn2c1. The lowest BCUT2D eigenvalue weighted by Crippen LogP contribution is -2.38. The van der Waals surface area contributed by atoms with Gasteiger partial charge in [0.1, 0.15) is 28.9 Å². The molecule has 6 heterocycles. The smallest absolute Gasteiger partial charge is 0.281 e. The molecule has 5 aromatic rings. The summed E-state index contributed by atoms with van der Waals surface area (Å²) < 4.78 is 58.6. The van der Waals surface area contributed by atoms with Gasteiger partial charge in [-0.2, -0.15) is 10.2 Å². The Bertz CT molecular complexity index is 1540. The number of halogens is 4. The van der Waals surface area contributed by atoms with Crippen LogP contribution in [-0.2, 0) is 0 Å². The van der Waals surface area contributed by atoms with Gasteiger partial charge in [0.15, 0.2) is 11.5 Å². The Labute approximate surface area is 189 Å². The maximum Gasteiger partial charge on any atom is 0.281 e. The number of hydrogen-bond donors (Lipinski definition) is 2. The summed E-state index contributed by atoms with van der Waals surface area (Å²) in [4.78, 5) is 8.80. The van der Waals surface area contributed by atoms with Crippen LogP contribution >= 0.6 is 0 Å². The molecule has 34 heavy (non-hydrogen) atoms. The molecule has 2 N–H and O–H groups in total. The van der Waals surface area contributed by atoms with Gasteiger partial charge in [-0.05, 0) is 24.3 Å². The quantitative estimate of drug-likeness (QED) is 0.394. The Morgan fingerprint density at radius 2 is 1.97 bits per heavy atom.